The summed E-state index contributed by atoms with van der Waals surface area (Å²) < 4.78 is 10.6. The van der Waals surface area contributed by atoms with Crippen molar-refractivity contribution in [3.63, 3.8) is 0 Å². The number of aliphatic imine (C=N–C) groups is 1. The first-order valence-corrected chi connectivity index (χ1v) is 7.51. The molecule has 5 nitrogen and oxygen atoms in total. The average Bonchev–Trinajstić information content (AvgIpc) is 2.55. The van der Waals surface area contributed by atoms with Crippen LogP contribution in [-0.2, 0) is 9.53 Å². The zero-order valence-corrected chi connectivity index (χ0v) is 13.1. The van der Waals surface area contributed by atoms with Gasteiger partial charge in [-0.2, -0.15) is 4.99 Å². The largest absolute Gasteiger partial charge is 0.490 e. The maximum absolute atomic E-state index is 11.5. The standard InChI is InChI=1S/C16H17NO4S/c1-20-16(19)12-4-8-14(9-5-12)21-13-6-2-11(3-7-13)15(18)17-10-22/h2-3,6-7,12,14H,4-5,8-9H2,1H3. The molecular weight excluding hydrogens is 302 g/mol. The minimum Gasteiger partial charge on any atom is -0.490 e. The SMILES string of the molecule is COC(=O)C1CCC(Oc2ccc(C(=O)N=C=S)cc2)CC1. The number of rotatable bonds is 4. The Hall–Kier alpha value is -2.04. The Labute approximate surface area is 134 Å². The highest BCUT2D eigenvalue weighted by atomic mass is 32.1. The molecule has 0 N–H and O–H groups in total. The van der Waals surface area contributed by atoms with Gasteiger partial charge in [0.05, 0.1) is 24.3 Å². The van der Waals surface area contributed by atoms with Gasteiger partial charge in [0.2, 0.25) is 0 Å². The Bertz CT molecular complexity index is 585. The first-order valence-electron chi connectivity index (χ1n) is 7.10. The molecule has 0 aromatic heterocycles. The minimum absolute atomic E-state index is 0.0163. The fourth-order valence-electron chi connectivity index (χ4n) is 2.56. The van der Waals surface area contributed by atoms with E-state index in [0.717, 1.165) is 25.7 Å². The molecule has 0 saturated heterocycles. The van der Waals surface area contributed by atoms with Crippen LogP contribution < -0.4 is 4.74 Å². The molecule has 0 heterocycles. The van der Waals surface area contributed by atoms with Crippen LogP contribution in [-0.4, -0.2) is 30.3 Å². The van der Waals surface area contributed by atoms with Crippen LogP contribution in [0.5, 0.6) is 5.75 Å². The lowest BCUT2D eigenvalue weighted by Crippen LogP contribution is -2.28. The molecule has 0 aliphatic heterocycles. The van der Waals surface area contributed by atoms with Crippen molar-refractivity contribution in [2.45, 2.75) is 31.8 Å². The molecule has 0 unspecified atom stereocenters. The summed E-state index contributed by atoms with van der Waals surface area (Å²) in [7, 11) is 1.42. The van der Waals surface area contributed by atoms with E-state index in [0.29, 0.717) is 11.3 Å². The second-order valence-electron chi connectivity index (χ2n) is 5.15. The molecule has 1 aromatic rings. The molecule has 2 rings (SSSR count). The number of nitrogens with zero attached hydrogens (tertiary/aromatic N) is 1. The van der Waals surface area contributed by atoms with Crippen molar-refractivity contribution < 1.29 is 19.1 Å². The molecule has 0 bridgehead atoms. The normalized spacial score (nSPS) is 20.6. The third-order valence-corrected chi connectivity index (χ3v) is 3.85. The van der Waals surface area contributed by atoms with E-state index in [-0.39, 0.29) is 18.0 Å². The monoisotopic (exact) mass is 319 g/mol. The third-order valence-electron chi connectivity index (χ3n) is 3.76. The lowest BCUT2D eigenvalue weighted by atomic mass is 9.87. The summed E-state index contributed by atoms with van der Waals surface area (Å²) in [6.45, 7) is 0. The van der Waals surface area contributed by atoms with Gasteiger partial charge >= 0.3 is 5.97 Å². The Morgan fingerprint density at radius 3 is 2.36 bits per heavy atom. The van der Waals surface area contributed by atoms with Crippen LogP contribution in [0.2, 0.25) is 0 Å². The van der Waals surface area contributed by atoms with Gasteiger partial charge in [0.25, 0.3) is 5.91 Å². The number of thiocarbonyl (C=S) groups is 1. The number of carbonyl (C=O) groups excluding carboxylic acids is 2. The number of hydrogen-bond acceptors (Lipinski definition) is 5. The summed E-state index contributed by atoms with van der Waals surface area (Å²) in [5, 5.41) is 2.05. The van der Waals surface area contributed by atoms with E-state index in [2.05, 4.69) is 22.4 Å². The average molecular weight is 319 g/mol. The fraction of sp³-hybridized carbons (Fsp3) is 0.438. The second-order valence-corrected chi connectivity index (χ2v) is 5.33. The Balaban J connectivity index is 1.88. The summed E-state index contributed by atoms with van der Waals surface area (Å²) in [5.41, 5.74) is 0.444. The van der Waals surface area contributed by atoms with Crippen LogP contribution in [0.3, 0.4) is 0 Å². The topological polar surface area (TPSA) is 65.0 Å². The Morgan fingerprint density at radius 1 is 1.18 bits per heavy atom. The lowest BCUT2D eigenvalue weighted by Gasteiger charge is -2.27. The quantitative estimate of drug-likeness (QED) is 0.485. The van der Waals surface area contributed by atoms with Crippen molar-refractivity contribution >= 4 is 29.3 Å². The zero-order chi connectivity index (χ0) is 15.9. The van der Waals surface area contributed by atoms with E-state index in [4.69, 9.17) is 9.47 Å². The maximum Gasteiger partial charge on any atom is 0.308 e. The maximum atomic E-state index is 11.5. The summed E-state index contributed by atoms with van der Waals surface area (Å²) >= 11 is 4.40. The van der Waals surface area contributed by atoms with E-state index in [1.54, 1.807) is 24.3 Å². The van der Waals surface area contributed by atoms with Crippen LogP contribution in [0.1, 0.15) is 36.0 Å². The predicted octanol–water partition coefficient (Wildman–Crippen LogP) is 3.04. The Morgan fingerprint density at radius 2 is 1.82 bits per heavy atom. The second kappa shape index (κ2) is 7.82. The van der Waals surface area contributed by atoms with Gasteiger partial charge in [-0.25, -0.2) is 0 Å². The van der Waals surface area contributed by atoms with E-state index in [1.165, 1.54) is 7.11 Å². The summed E-state index contributed by atoms with van der Waals surface area (Å²) in [4.78, 5) is 26.4. The van der Waals surface area contributed by atoms with Crippen molar-refractivity contribution in [3.05, 3.63) is 29.8 Å². The molecule has 116 valence electrons. The van der Waals surface area contributed by atoms with Crippen molar-refractivity contribution in [1.29, 1.82) is 0 Å². The summed E-state index contributed by atoms with van der Waals surface area (Å²) in [6.07, 6.45) is 3.27. The molecule has 0 spiro atoms. The van der Waals surface area contributed by atoms with Gasteiger partial charge in [-0.15, -0.1) is 0 Å². The number of hydrogen-bond donors (Lipinski definition) is 0. The fourth-order valence-corrected chi connectivity index (χ4v) is 2.64. The van der Waals surface area contributed by atoms with Gasteiger partial charge in [-0.3, -0.25) is 9.59 Å². The molecule has 0 radical (unpaired) electrons. The van der Waals surface area contributed by atoms with E-state index in [9.17, 15) is 9.59 Å². The van der Waals surface area contributed by atoms with E-state index in [1.807, 2.05) is 0 Å². The molecule has 1 aliphatic carbocycles. The van der Waals surface area contributed by atoms with Gasteiger partial charge < -0.3 is 9.47 Å². The number of benzene rings is 1. The number of methoxy groups -OCH3 is 1. The number of esters is 1. The highest BCUT2D eigenvalue weighted by Gasteiger charge is 2.27. The molecule has 1 fully saturated rings. The first kappa shape index (κ1) is 16.3. The number of amides is 1. The van der Waals surface area contributed by atoms with Crippen LogP contribution in [0, 0.1) is 5.92 Å². The van der Waals surface area contributed by atoms with Crippen molar-refractivity contribution in [1.82, 2.24) is 0 Å². The highest BCUT2D eigenvalue weighted by Crippen LogP contribution is 2.28. The molecular formula is C16H17NO4S. The van der Waals surface area contributed by atoms with Crippen LogP contribution >= 0.6 is 12.2 Å². The van der Waals surface area contributed by atoms with Crippen LogP contribution in [0.25, 0.3) is 0 Å². The molecule has 1 saturated carbocycles. The van der Waals surface area contributed by atoms with Gasteiger partial charge in [-0.05, 0) is 62.2 Å². The molecule has 6 heteroatoms. The van der Waals surface area contributed by atoms with Gasteiger partial charge in [-0.1, -0.05) is 0 Å². The smallest absolute Gasteiger partial charge is 0.308 e. The van der Waals surface area contributed by atoms with Gasteiger partial charge in [0.1, 0.15) is 5.75 Å². The summed E-state index contributed by atoms with van der Waals surface area (Å²) in [6, 6.07) is 6.76. The molecule has 22 heavy (non-hydrogen) atoms. The zero-order valence-electron chi connectivity index (χ0n) is 12.3. The van der Waals surface area contributed by atoms with Crippen molar-refractivity contribution in [3.8, 4) is 5.75 Å². The minimum atomic E-state index is -0.417. The van der Waals surface area contributed by atoms with Gasteiger partial charge in [0.15, 0.2) is 0 Å². The molecule has 0 atom stereocenters. The highest BCUT2D eigenvalue weighted by molar-refractivity contribution is 7.78. The van der Waals surface area contributed by atoms with Crippen molar-refractivity contribution in [2.24, 2.45) is 10.9 Å². The van der Waals surface area contributed by atoms with E-state index >= 15 is 0 Å². The predicted molar refractivity (Wildman–Crippen MR) is 84.2 cm³/mol. The number of isothiocyanates is 1. The summed E-state index contributed by atoms with van der Waals surface area (Å²) in [5.74, 6) is 0.127. The molecule has 1 aromatic carbocycles. The van der Waals surface area contributed by atoms with Crippen LogP contribution in [0.4, 0.5) is 0 Å². The molecule has 1 aliphatic rings. The van der Waals surface area contributed by atoms with Crippen LogP contribution in [0.15, 0.2) is 29.3 Å². The molecule has 1 amide bonds. The number of carbonyl (C=O) groups is 2. The Kier molecular flexibility index (Phi) is 5.81. The number of ether oxygens (including phenoxy) is 2. The first-order chi connectivity index (χ1) is 10.6. The third kappa shape index (κ3) is 4.23. The lowest BCUT2D eigenvalue weighted by molar-refractivity contribution is -0.147. The van der Waals surface area contributed by atoms with Gasteiger partial charge in [0, 0.05) is 5.56 Å². The van der Waals surface area contributed by atoms with Crippen molar-refractivity contribution in [2.75, 3.05) is 7.11 Å². The van der Waals surface area contributed by atoms with E-state index < -0.39 is 5.91 Å².